The average Bonchev–Trinajstić information content (AvgIpc) is 2.64. The standard InChI is InChI=1S/C17H16Cl2FN/c1-17(2)9-10-6-7-11(18)8-12(10)16(17)21-15-13(19)4-3-5-14(15)20/h3-8,16,21H,9H2,1-2H3. The van der Waals surface area contributed by atoms with Crippen LogP contribution in [0.4, 0.5) is 10.1 Å². The van der Waals surface area contributed by atoms with Gasteiger partial charge in [-0.3, -0.25) is 0 Å². The average molecular weight is 324 g/mol. The van der Waals surface area contributed by atoms with E-state index >= 15 is 0 Å². The van der Waals surface area contributed by atoms with E-state index in [-0.39, 0.29) is 17.3 Å². The summed E-state index contributed by atoms with van der Waals surface area (Å²) >= 11 is 12.3. The van der Waals surface area contributed by atoms with Crippen LogP contribution in [0.15, 0.2) is 36.4 Å². The first-order chi connectivity index (χ1) is 9.88. The van der Waals surface area contributed by atoms with Gasteiger partial charge < -0.3 is 5.32 Å². The lowest BCUT2D eigenvalue weighted by atomic mass is 9.85. The number of hydrogen-bond acceptors (Lipinski definition) is 1. The molecule has 0 amide bonds. The minimum Gasteiger partial charge on any atom is -0.374 e. The Morgan fingerprint density at radius 2 is 1.95 bits per heavy atom. The third-order valence-electron chi connectivity index (χ3n) is 4.10. The van der Waals surface area contributed by atoms with Crippen molar-refractivity contribution in [2.45, 2.75) is 26.3 Å². The number of anilines is 1. The third kappa shape index (κ3) is 2.63. The van der Waals surface area contributed by atoms with Crippen LogP contribution >= 0.6 is 23.2 Å². The summed E-state index contributed by atoms with van der Waals surface area (Å²) in [5.74, 6) is -0.339. The van der Waals surface area contributed by atoms with Crippen LogP contribution in [-0.2, 0) is 6.42 Å². The van der Waals surface area contributed by atoms with Gasteiger partial charge in [0, 0.05) is 5.02 Å². The second-order valence-electron chi connectivity index (χ2n) is 6.18. The maximum Gasteiger partial charge on any atom is 0.147 e. The van der Waals surface area contributed by atoms with Gasteiger partial charge in [0.1, 0.15) is 5.82 Å². The monoisotopic (exact) mass is 323 g/mol. The molecule has 0 saturated carbocycles. The van der Waals surface area contributed by atoms with E-state index < -0.39 is 0 Å². The quantitative estimate of drug-likeness (QED) is 0.728. The number of rotatable bonds is 2. The van der Waals surface area contributed by atoms with E-state index in [1.54, 1.807) is 12.1 Å². The number of nitrogens with one attached hydrogen (secondary N) is 1. The first kappa shape index (κ1) is 14.7. The maximum atomic E-state index is 14.0. The molecule has 1 aliphatic carbocycles. The Bertz CT molecular complexity index is 677. The lowest BCUT2D eigenvalue weighted by Crippen LogP contribution is -2.25. The molecule has 2 aromatic carbocycles. The number of benzene rings is 2. The highest BCUT2D eigenvalue weighted by Crippen LogP contribution is 2.48. The molecule has 0 fully saturated rings. The fourth-order valence-corrected chi connectivity index (χ4v) is 3.46. The molecule has 1 nitrogen and oxygen atoms in total. The lowest BCUT2D eigenvalue weighted by molar-refractivity contribution is 0.336. The topological polar surface area (TPSA) is 12.0 Å². The molecule has 3 rings (SSSR count). The van der Waals surface area contributed by atoms with Crippen molar-refractivity contribution in [3.63, 3.8) is 0 Å². The Kier molecular flexibility index (Phi) is 3.62. The van der Waals surface area contributed by atoms with E-state index in [1.165, 1.54) is 11.6 Å². The Hall–Kier alpha value is -1.25. The zero-order valence-electron chi connectivity index (χ0n) is 11.9. The van der Waals surface area contributed by atoms with Crippen LogP contribution in [0.1, 0.15) is 31.0 Å². The fourth-order valence-electron chi connectivity index (χ4n) is 3.06. The minimum atomic E-state index is -0.339. The van der Waals surface area contributed by atoms with Crippen LogP contribution in [0, 0.1) is 11.2 Å². The molecule has 2 aromatic rings. The highest BCUT2D eigenvalue weighted by atomic mass is 35.5. The second-order valence-corrected chi connectivity index (χ2v) is 7.03. The molecule has 0 aliphatic heterocycles. The van der Waals surface area contributed by atoms with Crippen LogP contribution in [-0.4, -0.2) is 0 Å². The summed E-state index contributed by atoms with van der Waals surface area (Å²) in [5.41, 5.74) is 2.67. The van der Waals surface area contributed by atoms with Crippen molar-refractivity contribution in [2.75, 3.05) is 5.32 Å². The molecule has 21 heavy (non-hydrogen) atoms. The van der Waals surface area contributed by atoms with Gasteiger partial charge in [-0.1, -0.05) is 49.2 Å². The highest BCUT2D eigenvalue weighted by Gasteiger charge is 2.39. The van der Waals surface area contributed by atoms with Gasteiger partial charge in [0.2, 0.25) is 0 Å². The molecule has 0 bridgehead atoms. The predicted molar refractivity (Wildman–Crippen MR) is 86.7 cm³/mol. The van der Waals surface area contributed by atoms with Crippen molar-refractivity contribution in [2.24, 2.45) is 5.41 Å². The summed E-state index contributed by atoms with van der Waals surface area (Å²) in [6, 6.07) is 10.6. The molecule has 0 heterocycles. The van der Waals surface area contributed by atoms with E-state index in [1.807, 2.05) is 18.2 Å². The van der Waals surface area contributed by atoms with Crippen molar-refractivity contribution in [3.05, 3.63) is 63.4 Å². The molecule has 1 aliphatic rings. The number of fused-ring (bicyclic) bond motifs is 1. The molecular formula is C17H16Cl2FN. The summed E-state index contributed by atoms with van der Waals surface area (Å²) in [5, 5.41) is 4.37. The van der Waals surface area contributed by atoms with Crippen LogP contribution in [0.3, 0.4) is 0 Å². The van der Waals surface area contributed by atoms with Crippen molar-refractivity contribution in [1.82, 2.24) is 0 Å². The molecule has 110 valence electrons. The van der Waals surface area contributed by atoms with Crippen LogP contribution in [0.2, 0.25) is 10.0 Å². The fraction of sp³-hybridized carbons (Fsp3) is 0.294. The smallest absolute Gasteiger partial charge is 0.147 e. The van der Waals surface area contributed by atoms with Crippen molar-refractivity contribution in [1.29, 1.82) is 0 Å². The van der Waals surface area contributed by atoms with E-state index in [4.69, 9.17) is 23.2 Å². The molecule has 0 spiro atoms. The molecule has 0 radical (unpaired) electrons. The van der Waals surface area contributed by atoms with Crippen LogP contribution in [0.25, 0.3) is 0 Å². The van der Waals surface area contributed by atoms with Gasteiger partial charge in [-0.25, -0.2) is 4.39 Å². The second kappa shape index (κ2) is 5.19. The van der Waals surface area contributed by atoms with E-state index in [2.05, 4.69) is 19.2 Å². The van der Waals surface area contributed by atoms with E-state index in [9.17, 15) is 4.39 Å². The SMILES string of the molecule is CC1(C)Cc2ccc(Cl)cc2C1Nc1c(F)cccc1Cl. The van der Waals surface area contributed by atoms with Crippen molar-refractivity contribution in [3.8, 4) is 0 Å². The molecule has 0 aromatic heterocycles. The van der Waals surface area contributed by atoms with Gasteiger partial charge >= 0.3 is 0 Å². The Labute approximate surface area is 134 Å². The van der Waals surface area contributed by atoms with Gasteiger partial charge in [-0.15, -0.1) is 0 Å². The van der Waals surface area contributed by atoms with Gasteiger partial charge in [0.15, 0.2) is 0 Å². The molecule has 0 saturated heterocycles. The van der Waals surface area contributed by atoms with Gasteiger partial charge in [0.05, 0.1) is 16.8 Å². The first-order valence-corrected chi connectivity index (χ1v) is 7.63. The summed E-state index contributed by atoms with van der Waals surface area (Å²) < 4.78 is 14.0. The Morgan fingerprint density at radius 3 is 2.67 bits per heavy atom. The van der Waals surface area contributed by atoms with Gasteiger partial charge in [-0.2, -0.15) is 0 Å². The summed E-state index contributed by atoms with van der Waals surface area (Å²) in [4.78, 5) is 0. The van der Waals surface area contributed by atoms with Gasteiger partial charge in [-0.05, 0) is 47.2 Å². The number of para-hydroxylation sites is 1. The Morgan fingerprint density at radius 1 is 1.19 bits per heavy atom. The first-order valence-electron chi connectivity index (χ1n) is 6.87. The Balaban J connectivity index is 2.04. The van der Waals surface area contributed by atoms with E-state index in [0.29, 0.717) is 15.7 Å². The highest BCUT2D eigenvalue weighted by molar-refractivity contribution is 6.33. The summed E-state index contributed by atoms with van der Waals surface area (Å²) in [6.45, 7) is 4.32. The van der Waals surface area contributed by atoms with E-state index in [0.717, 1.165) is 12.0 Å². The molecule has 1 N–H and O–H groups in total. The van der Waals surface area contributed by atoms with Crippen molar-refractivity contribution >= 4 is 28.9 Å². The zero-order chi connectivity index (χ0) is 15.2. The van der Waals surface area contributed by atoms with Crippen LogP contribution in [0.5, 0.6) is 0 Å². The van der Waals surface area contributed by atoms with Crippen LogP contribution < -0.4 is 5.32 Å². The molecular weight excluding hydrogens is 308 g/mol. The number of halogens is 3. The summed E-state index contributed by atoms with van der Waals surface area (Å²) in [6.07, 6.45) is 0.920. The zero-order valence-corrected chi connectivity index (χ0v) is 13.4. The number of hydrogen-bond donors (Lipinski definition) is 1. The predicted octanol–water partition coefficient (Wildman–Crippen LogP) is 5.87. The molecule has 1 unspecified atom stereocenters. The maximum absolute atomic E-state index is 14.0. The largest absolute Gasteiger partial charge is 0.374 e. The van der Waals surface area contributed by atoms with Crippen molar-refractivity contribution < 1.29 is 4.39 Å². The van der Waals surface area contributed by atoms with Gasteiger partial charge in [0.25, 0.3) is 0 Å². The molecule has 1 atom stereocenters. The minimum absolute atomic E-state index is 0.0272. The summed E-state index contributed by atoms with van der Waals surface area (Å²) in [7, 11) is 0. The third-order valence-corrected chi connectivity index (χ3v) is 4.65. The lowest BCUT2D eigenvalue weighted by Gasteiger charge is -2.30. The normalized spacial score (nSPS) is 19.4. The molecule has 4 heteroatoms.